The summed E-state index contributed by atoms with van der Waals surface area (Å²) in [4.78, 5) is 2.46. The van der Waals surface area contributed by atoms with Crippen LogP contribution in [0.15, 0.2) is 24.3 Å². The van der Waals surface area contributed by atoms with Gasteiger partial charge in [0.05, 0.1) is 0 Å². The molecule has 1 aliphatic rings. The second-order valence-electron chi connectivity index (χ2n) is 5.38. The molecule has 0 bridgehead atoms. The summed E-state index contributed by atoms with van der Waals surface area (Å²) in [6, 6.07) is 9.67. The molecule has 1 saturated heterocycles. The molecule has 0 saturated carbocycles. The second-order valence-corrected chi connectivity index (χ2v) is 5.38. The van der Waals surface area contributed by atoms with Gasteiger partial charge < -0.3 is 5.32 Å². The Kier molecular flexibility index (Phi) is 4.19. The molecular formula is C15H24N2. The van der Waals surface area contributed by atoms with Gasteiger partial charge in [0.2, 0.25) is 0 Å². The van der Waals surface area contributed by atoms with Gasteiger partial charge in [-0.3, -0.25) is 4.90 Å². The summed E-state index contributed by atoms with van der Waals surface area (Å²) in [6.07, 6.45) is 1.25. The van der Waals surface area contributed by atoms with E-state index in [1.54, 1.807) is 0 Å². The minimum absolute atomic E-state index is 0.527. The zero-order valence-electron chi connectivity index (χ0n) is 11.2. The number of nitrogens with zero attached hydrogens (tertiary/aromatic N) is 1. The molecule has 0 spiro atoms. The fourth-order valence-electron chi connectivity index (χ4n) is 2.48. The summed E-state index contributed by atoms with van der Waals surface area (Å²) in [5.74, 6) is 0.619. The van der Waals surface area contributed by atoms with Crippen molar-refractivity contribution in [3.05, 3.63) is 35.4 Å². The van der Waals surface area contributed by atoms with Crippen molar-refractivity contribution < 1.29 is 0 Å². The SMILES string of the molecule is CC(C)c1ccc(C2CNCCCN2C)cc1. The lowest BCUT2D eigenvalue weighted by atomic mass is 9.98. The summed E-state index contributed by atoms with van der Waals surface area (Å²) in [6.45, 7) is 7.88. The number of hydrogen-bond acceptors (Lipinski definition) is 2. The summed E-state index contributed by atoms with van der Waals surface area (Å²) >= 11 is 0. The number of nitrogens with one attached hydrogen (secondary N) is 1. The molecule has 0 amide bonds. The van der Waals surface area contributed by atoms with Gasteiger partial charge >= 0.3 is 0 Å². The van der Waals surface area contributed by atoms with Crippen molar-refractivity contribution in [3.8, 4) is 0 Å². The third kappa shape index (κ3) is 3.08. The van der Waals surface area contributed by atoms with Gasteiger partial charge in [-0.2, -0.15) is 0 Å². The zero-order chi connectivity index (χ0) is 12.3. The van der Waals surface area contributed by atoms with E-state index in [4.69, 9.17) is 0 Å². The average molecular weight is 232 g/mol. The van der Waals surface area contributed by atoms with E-state index in [1.807, 2.05) is 0 Å². The fraction of sp³-hybridized carbons (Fsp3) is 0.600. The first-order valence-corrected chi connectivity index (χ1v) is 6.69. The lowest BCUT2D eigenvalue weighted by Crippen LogP contribution is -2.29. The van der Waals surface area contributed by atoms with Gasteiger partial charge in [0, 0.05) is 12.6 Å². The van der Waals surface area contributed by atoms with Crippen LogP contribution in [0, 0.1) is 0 Å². The Morgan fingerprint density at radius 2 is 1.94 bits per heavy atom. The molecule has 2 nitrogen and oxygen atoms in total. The van der Waals surface area contributed by atoms with Crippen LogP contribution in [-0.2, 0) is 0 Å². The highest BCUT2D eigenvalue weighted by Crippen LogP contribution is 2.23. The van der Waals surface area contributed by atoms with E-state index in [1.165, 1.54) is 24.1 Å². The minimum Gasteiger partial charge on any atom is -0.315 e. The van der Waals surface area contributed by atoms with E-state index >= 15 is 0 Å². The predicted molar refractivity (Wildman–Crippen MR) is 73.4 cm³/mol. The monoisotopic (exact) mass is 232 g/mol. The predicted octanol–water partition coefficient (Wildman–Crippen LogP) is 2.78. The van der Waals surface area contributed by atoms with E-state index in [9.17, 15) is 0 Å². The third-order valence-corrected chi connectivity index (χ3v) is 3.72. The quantitative estimate of drug-likeness (QED) is 0.843. The lowest BCUT2D eigenvalue weighted by molar-refractivity contribution is 0.261. The molecule has 1 aliphatic heterocycles. The average Bonchev–Trinajstić information content (AvgIpc) is 2.54. The smallest absolute Gasteiger partial charge is 0.0469 e. The highest BCUT2D eigenvalue weighted by molar-refractivity contribution is 5.27. The molecule has 0 radical (unpaired) electrons. The van der Waals surface area contributed by atoms with Crippen LogP contribution in [0.25, 0.3) is 0 Å². The van der Waals surface area contributed by atoms with Gasteiger partial charge in [0.15, 0.2) is 0 Å². The molecule has 1 N–H and O–H groups in total. The van der Waals surface area contributed by atoms with E-state index in [0.717, 1.165) is 13.1 Å². The van der Waals surface area contributed by atoms with Gasteiger partial charge in [-0.25, -0.2) is 0 Å². The first-order valence-electron chi connectivity index (χ1n) is 6.69. The largest absolute Gasteiger partial charge is 0.315 e. The zero-order valence-corrected chi connectivity index (χ0v) is 11.2. The highest BCUT2D eigenvalue weighted by Gasteiger charge is 2.18. The number of hydrogen-bond donors (Lipinski definition) is 1. The minimum atomic E-state index is 0.527. The third-order valence-electron chi connectivity index (χ3n) is 3.72. The van der Waals surface area contributed by atoms with Gasteiger partial charge in [0.25, 0.3) is 0 Å². The van der Waals surface area contributed by atoms with Gasteiger partial charge in [-0.15, -0.1) is 0 Å². The molecule has 1 fully saturated rings. The molecule has 1 aromatic carbocycles. The van der Waals surface area contributed by atoms with Gasteiger partial charge in [-0.1, -0.05) is 38.1 Å². The maximum atomic E-state index is 3.52. The summed E-state index contributed by atoms with van der Waals surface area (Å²) < 4.78 is 0. The van der Waals surface area contributed by atoms with Crippen LogP contribution < -0.4 is 5.32 Å². The van der Waals surface area contributed by atoms with Crippen molar-refractivity contribution in [2.75, 3.05) is 26.7 Å². The molecule has 0 aliphatic carbocycles. The van der Waals surface area contributed by atoms with Crippen LogP contribution in [0.5, 0.6) is 0 Å². The molecule has 2 rings (SSSR count). The maximum Gasteiger partial charge on any atom is 0.0469 e. The maximum absolute atomic E-state index is 3.52. The van der Waals surface area contributed by atoms with E-state index in [-0.39, 0.29) is 0 Å². The van der Waals surface area contributed by atoms with Crippen molar-refractivity contribution in [1.82, 2.24) is 10.2 Å². The van der Waals surface area contributed by atoms with Crippen molar-refractivity contribution in [2.24, 2.45) is 0 Å². The molecule has 0 aromatic heterocycles. The number of likely N-dealkylation sites (N-methyl/N-ethyl adjacent to an activating group) is 1. The molecule has 1 unspecified atom stereocenters. The van der Waals surface area contributed by atoms with Crippen LogP contribution in [-0.4, -0.2) is 31.6 Å². The van der Waals surface area contributed by atoms with E-state index in [0.29, 0.717) is 12.0 Å². The van der Waals surface area contributed by atoms with Crippen molar-refractivity contribution in [1.29, 1.82) is 0 Å². The highest BCUT2D eigenvalue weighted by atomic mass is 15.2. The van der Waals surface area contributed by atoms with Crippen LogP contribution in [0.2, 0.25) is 0 Å². The van der Waals surface area contributed by atoms with Crippen LogP contribution in [0.4, 0.5) is 0 Å². The molecule has 1 atom stereocenters. The molecule has 94 valence electrons. The second kappa shape index (κ2) is 5.65. The normalized spacial score (nSPS) is 22.7. The van der Waals surface area contributed by atoms with Crippen molar-refractivity contribution in [3.63, 3.8) is 0 Å². The fourth-order valence-corrected chi connectivity index (χ4v) is 2.48. The van der Waals surface area contributed by atoms with Crippen LogP contribution in [0.1, 0.15) is 43.4 Å². The standard InChI is InChI=1S/C15H24N2/c1-12(2)13-5-7-14(8-6-13)15-11-16-9-4-10-17(15)3/h5-8,12,15-16H,4,9-11H2,1-3H3. The van der Waals surface area contributed by atoms with Crippen molar-refractivity contribution >= 4 is 0 Å². The Hall–Kier alpha value is -0.860. The molecule has 2 heteroatoms. The van der Waals surface area contributed by atoms with Crippen LogP contribution >= 0.6 is 0 Å². The lowest BCUT2D eigenvalue weighted by Gasteiger charge is -2.26. The van der Waals surface area contributed by atoms with E-state index < -0.39 is 0 Å². The molecule has 17 heavy (non-hydrogen) atoms. The Labute approximate surface area is 105 Å². The van der Waals surface area contributed by atoms with Gasteiger partial charge in [-0.05, 0) is 43.6 Å². The van der Waals surface area contributed by atoms with Crippen LogP contribution in [0.3, 0.4) is 0 Å². The topological polar surface area (TPSA) is 15.3 Å². The number of rotatable bonds is 2. The summed E-state index contributed by atoms with van der Waals surface area (Å²) in [7, 11) is 2.23. The first kappa shape index (κ1) is 12.6. The van der Waals surface area contributed by atoms with Gasteiger partial charge in [0.1, 0.15) is 0 Å². The summed E-state index contributed by atoms with van der Waals surface area (Å²) in [5.41, 5.74) is 2.87. The Morgan fingerprint density at radius 3 is 2.59 bits per heavy atom. The molecular weight excluding hydrogens is 208 g/mol. The van der Waals surface area contributed by atoms with E-state index in [2.05, 4.69) is 55.4 Å². The number of benzene rings is 1. The molecule has 1 aromatic rings. The van der Waals surface area contributed by atoms with Crippen molar-refractivity contribution in [2.45, 2.75) is 32.2 Å². The summed E-state index contributed by atoms with van der Waals surface area (Å²) in [5, 5.41) is 3.52. The molecule has 1 heterocycles. The Bertz CT molecular complexity index is 342. The Morgan fingerprint density at radius 1 is 1.24 bits per heavy atom. The Balaban J connectivity index is 2.14. The first-order chi connectivity index (χ1) is 8.18.